The molecule has 0 spiro atoms. The van der Waals surface area contributed by atoms with Gasteiger partial charge in [-0.05, 0) is 0 Å². The Morgan fingerprint density at radius 1 is 1.37 bits per heavy atom. The number of carbonyl (C=O) groups is 3. The number of fused-ring (bicyclic) bond motifs is 1. The lowest BCUT2D eigenvalue weighted by atomic mass is 10.0. The number of anilines is 1. The zero-order valence-corrected chi connectivity index (χ0v) is 22.3. The first-order valence-corrected chi connectivity index (χ1v) is 12.0. The lowest BCUT2D eigenvalue weighted by Gasteiger charge is -2.51. The topological polar surface area (TPSA) is 182 Å². The minimum Gasteiger partial charge on any atom is -0.543 e. The molecule has 12 nitrogen and oxygen atoms in total. The number of nitrogen functional groups attached to an aromatic ring is 1. The number of nitrogens with one attached hydrogen (secondary N) is 1. The van der Waals surface area contributed by atoms with Crippen molar-refractivity contribution in [3.8, 4) is 0 Å². The Labute approximate surface area is 222 Å². The van der Waals surface area contributed by atoms with Crippen molar-refractivity contribution in [3.05, 3.63) is 22.3 Å². The number of carboxylic acids is 1. The highest BCUT2D eigenvalue weighted by Crippen LogP contribution is 2.41. The van der Waals surface area contributed by atoms with Crippen LogP contribution in [0.15, 0.2) is 21.8 Å². The van der Waals surface area contributed by atoms with Crippen LogP contribution in [0.3, 0.4) is 0 Å². The number of amides is 2. The Bertz CT molecular complexity index is 1030. The second-order valence-corrected chi connectivity index (χ2v) is 10.2. The number of hydrogen-bond acceptors (Lipinski definition) is 10. The average Bonchev–Trinajstić information content (AvgIpc) is 3.37. The number of oxime groups is 1. The van der Waals surface area contributed by atoms with E-state index in [1.165, 1.54) is 23.8 Å². The highest BCUT2D eigenvalue weighted by Gasteiger charge is 2.53. The number of nitrogens with two attached hydrogens (primary N) is 1. The Morgan fingerprint density at radius 3 is 2.57 bits per heavy atom. The number of quaternary nitrogens is 1. The summed E-state index contributed by atoms with van der Waals surface area (Å²) in [6.07, 6.45) is 2.21. The van der Waals surface area contributed by atoms with E-state index in [1.807, 2.05) is 0 Å². The molecular formula is C19H28Cl2N6O6S2. The smallest absolute Gasteiger partial charge is 0.276 e. The first-order chi connectivity index (χ1) is 15.2. The second kappa shape index (κ2) is 12.2. The number of thiazole rings is 1. The van der Waals surface area contributed by atoms with E-state index in [-0.39, 0.29) is 52.5 Å². The van der Waals surface area contributed by atoms with Crippen LogP contribution in [0.2, 0.25) is 0 Å². The summed E-state index contributed by atoms with van der Waals surface area (Å²) in [6, 6.07) is -0.891. The molecule has 1 aromatic rings. The van der Waals surface area contributed by atoms with Crippen LogP contribution >= 0.6 is 47.9 Å². The molecule has 0 unspecified atom stereocenters. The SMILES string of the molecule is CO/N=C(/C(=O)N[C@@H]1C(=O)N2C(C(=O)[O-])=C(C[N+]3(C)CCCC3)CS[C@H]12)c1csc(N)n1.Cl.Cl.O. The zero-order valence-electron chi connectivity index (χ0n) is 19.0. The highest BCUT2D eigenvalue weighted by atomic mass is 35.5. The van der Waals surface area contributed by atoms with Gasteiger partial charge in [0.15, 0.2) is 10.8 Å². The molecular weight excluding hydrogens is 543 g/mol. The maximum atomic E-state index is 12.9. The van der Waals surface area contributed by atoms with Gasteiger partial charge in [-0.1, -0.05) is 5.16 Å². The minimum absolute atomic E-state index is 0. The number of rotatable bonds is 7. The predicted molar refractivity (Wildman–Crippen MR) is 135 cm³/mol. The number of β-lactam (4-membered cyclic amide) rings is 1. The van der Waals surface area contributed by atoms with Gasteiger partial charge in [0.1, 0.15) is 30.8 Å². The van der Waals surface area contributed by atoms with E-state index < -0.39 is 29.2 Å². The number of likely N-dealkylation sites (N-methyl/N-ethyl adjacent to an activating group) is 1. The van der Waals surface area contributed by atoms with Crippen molar-refractivity contribution < 1.29 is 34.3 Å². The number of halogens is 2. The molecule has 5 N–H and O–H groups in total. The van der Waals surface area contributed by atoms with Crippen molar-refractivity contribution in [1.82, 2.24) is 15.2 Å². The molecule has 0 radical (unpaired) electrons. The summed E-state index contributed by atoms with van der Waals surface area (Å²) in [6.45, 7) is 2.53. The summed E-state index contributed by atoms with van der Waals surface area (Å²) in [4.78, 5) is 47.7. The van der Waals surface area contributed by atoms with Crippen LogP contribution in [0.4, 0.5) is 5.13 Å². The van der Waals surface area contributed by atoms with Crippen molar-refractivity contribution >= 4 is 76.5 Å². The number of likely N-dealkylation sites (tertiary alicyclic amines) is 1. The third kappa shape index (κ3) is 6.01. The van der Waals surface area contributed by atoms with Gasteiger partial charge >= 0.3 is 0 Å². The monoisotopic (exact) mass is 570 g/mol. The number of aliphatic carboxylic acids is 1. The normalized spacial score (nSPS) is 22.6. The van der Waals surface area contributed by atoms with Gasteiger partial charge in [0.2, 0.25) is 0 Å². The average molecular weight is 572 g/mol. The van der Waals surface area contributed by atoms with Crippen molar-refractivity contribution in [1.29, 1.82) is 0 Å². The Kier molecular flexibility index (Phi) is 10.8. The Morgan fingerprint density at radius 2 is 2.03 bits per heavy atom. The molecule has 2 fully saturated rings. The summed E-state index contributed by atoms with van der Waals surface area (Å²) >= 11 is 2.57. The van der Waals surface area contributed by atoms with Crippen LogP contribution in [0.5, 0.6) is 0 Å². The molecule has 2 amide bonds. The van der Waals surface area contributed by atoms with Gasteiger partial charge in [-0.2, -0.15) is 0 Å². The van der Waals surface area contributed by atoms with Gasteiger partial charge in [-0.3, -0.25) is 14.5 Å². The lowest BCUT2D eigenvalue weighted by molar-refractivity contribution is -0.893. The fraction of sp³-hybridized carbons (Fsp3) is 0.526. The van der Waals surface area contributed by atoms with Crippen LogP contribution in [-0.4, -0.2) is 94.3 Å². The second-order valence-electron chi connectivity index (χ2n) is 8.23. The highest BCUT2D eigenvalue weighted by molar-refractivity contribution is 8.00. The molecule has 2 atom stereocenters. The molecule has 35 heavy (non-hydrogen) atoms. The maximum absolute atomic E-state index is 12.9. The van der Waals surface area contributed by atoms with Gasteiger partial charge in [0.25, 0.3) is 11.8 Å². The van der Waals surface area contributed by atoms with Gasteiger partial charge in [-0.25, -0.2) is 4.98 Å². The number of carboxylic acid groups (broad SMARTS) is 1. The van der Waals surface area contributed by atoms with Crippen LogP contribution < -0.4 is 16.2 Å². The predicted octanol–water partition coefficient (Wildman–Crippen LogP) is -1.26. The molecule has 3 aliphatic heterocycles. The lowest BCUT2D eigenvalue weighted by Crippen LogP contribution is -2.71. The summed E-state index contributed by atoms with van der Waals surface area (Å²) in [7, 11) is 3.39. The molecule has 16 heteroatoms. The van der Waals surface area contributed by atoms with Crippen molar-refractivity contribution in [2.45, 2.75) is 24.3 Å². The van der Waals surface area contributed by atoms with Crippen molar-refractivity contribution in [2.75, 3.05) is 45.3 Å². The molecule has 4 heterocycles. The third-order valence-electron chi connectivity index (χ3n) is 5.91. The molecule has 0 saturated carbocycles. The van der Waals surface area contributed by atoms with Gasteiger partial charge in [0, 0.05) is 29.5 Å². The molecule has 0 aliphatic carbocycles. The minimum atomic E-state index is -1.37. The van der Waals surface area contributed by atoms with E-state index in [0.717, 1.165) is 41.8 Å². The summed E-state index contributed by atoms with van der Waals surface area (Å²) in [5.74, 6) is -2.06. The maximum Gasteiger partial charge on any atom is 0.276 e. The quantitative estimate of drug-likeness (QED) is 0.176. The molecule has 3 aliphatic rings. The van der Waals surface area contributed by atoms with E-state index in [2.05, 4.69) is 22.5 Å². The van der Waals surface area contributed by atoms with Crippen molar-refractivity contribution in [2.24, 2.45) is 5.16 Å². The molecule has 2 saturated heterocycles. The van der Waals surface area contributed by atoms with E-state index in [4.69, 9.17) is 10.6 Å². The van der Waals surface area contributed by atoms with Gasteiger partial charge in [-0.15, -0.1) is 47.9 Å². The fourth-order valence-electron chi connectivity index (χ4n) is 4.41. The number of hydrogen-bond donors (Lipinski definition) is 2. The number of carbonyl (C=O) groups excluding carboxylic acids is 3. The van der Waals surface area contributed by atoms with E-state index in [0.29, 0.717) is 17.9 Å². The van der Waals surface area contributed by atoms with Crippen molar-refractivity contribution in [3.63, 3.8) is 0 Å². The van der Waals surface area contributed by atoms with Crippen LogP contribution in [-0.2, 0) is 19.2 Å². The number of aromatic nitrogens is 1. The first kappa shape index (κ1) is 30.9. The van der Waals surface area contributed by atoms with Crippen LogP contribution in [0, 0.1) is 0 Å². The molecule has 4 rings (SSSR count). The van der Waals surface area contributed by atoms with Gasteiger partial charge in [0.05, 0.1) is 31.8 Å². The summed E-state index contributed by atoms with van der Waals surface area (Å²) in [5, 5.41) is 19.6. The van der Waals surface area contributed by atoms with E-state index in [9.17, 15) is 19.5 Å². The molecule has 196 valence electrons. The van der Waals surface area contributed by atoms with Crippen LogP contribution in [0.25, 0.3) is 0 Å². The Balaban J connectivity index is 0.00000204. The van der Waals surface area contributed by atoms with Crippen LogP contribution in [0.1, 0.15) is 18.5 Å². The third-order valence-corrected chi connectivity index (χ3v) is 7.92. The van der Waals surface area contributed by atoms with E-state index in [1.54, 1.807) is 5.38 Å². The van der Waals surface area contributed by atoms with E-state index >= 15 is 0 Å². The largest absolute Gasteiger partial charge is 0.543 e. The summed E-state index contributed by atoms with van der Waals surface area (Å²) < 4.78 is 0.757. The van der Waals surface area contributed by atoms with Gasteiger partial charge < -0.3 is 35.7 Å². The fourth-order valence-corrected chi connectivity index (χ4v) is 6.30. The summed E-state index contributed by atoms with van der Waals surface area (Å²) in [5.41, 5.74) is 6.39. The molecule has 1 aromatic heterocycles. The molecule has 0 aromatic carbocycles. The first-order valence-electron chi connectivity index (χ1n) is 10.1. The number of thioether (sulfide) groups is 1. The number of nitrogens with zero attached hydrogens (tertiary/aromatic N) is 4. The molecule has 0 bridgehead atoms. The Hall–Kier alpha value is -2.10. The standard InChI is InChI=1S/C19H24N6O5S2.2ClH.H2O/c1-25(5-3-4-6-25)7-10-8-31-17-13(16(27)24(17)14(10)18(28)29)22-15(26)12(23-30-2)11-9-32-19(20)21-11;;;/h9,13,17H,3-8H2,1-2H3,(H3-,20,21,22,26,28,29);2*1H;1H2/b23-12+;;;/t13-,17-;;;/m1.../s1. The zero-order chi connectivity index (χ0) is 23.0.